The van der Waals surface area contributed by atoms with Gasteiger partial charge in [-0.15, -0.1) is 10.2 Å². The quantitative estimate of drug-likeness (QED) is 0.577. The molecule has 1 aromatic rings. The van der Waals surface area contributed by atoms with Crippen molar-refractivity contribution in [3.05, 3.63) is 11.6 Å². The highest BCUT2D eigenvalue weighted by Crippen LogP contribution is 2.60. The monoisotopic (exact) mass is 341 g/mol. The van der Waals surface area contributed by atoms with Crippen molar-refractivity contribution in [3.8, 4) is 0 Å². The highest BCUT2D eigenvalue weighted by molar-refractivity contribution is 5.22. The summed E-state index contributed by atoms with van der Waals surface area (Å²) in [5.41, 5.74) is 1.06. The lowest BCUT2D eigenvalue weighted by atomic mass is 9.52. The zero-order chi connectivity index (χ0) is 17.1. The van der Waals surface area contributed by atoms with Gasteiger partial charge in [-0.05, 0) is 75.5 Å². The molecule has 0 saturated heterocycles. The van der Waals surface area contributed by atoms with E-state index in [0.717, 1.165) is 12.0 Å². The topological polar surface area (TPSA) is 30.7 Å². The van der Waals surface area contributed by atoms with Crippen LogP contribution in [0, 0.1) is 11.3 Å². The van der Waals surface area contributed by atoms with Crippen LogP contribution in [0.4, 0.5) is 0 Å². The van der Waals surface area contributed by atoms with Crippen molar-refractivity contribution < 1.29 is 0 Å². The third kappa shape index (κ3) is 2.68. The van der Waals surface area contributed by atoms with Crippen molar-refractivity contribution >= 4 is 0 Å². The molecule has 2 bridgehead atoms. The molecule has 5 aliphatic rings. The zero-order valence-electron chi connectivity index (χ0n) is 16.3. The van der Waals surface area contributed by atoms with Crippen molar-refractivity contribution in [2.45, 2.75) is 115 Å². The van der Waals surface area contributed by atoms with E-state index in [0.29, 0.717) is 16.7 Å². The second-order valence-corrected chi connectivity index (χ2v) is 10.0. The van der Waals surface area contributed by atoms with Gasteiger partial charge >= 0.3 is 0 Å². The Morgan fingerprint density at radius 3 is 2.24 bits per heavy atom. The minimum Gasteiger partial charge on any atom is -0.311 e. The molecule has 0 aliphatic heterocycles. The second-order valence-electron chi connectivity index (χ2n) is 10.0. The van der Waals surface area contributed by atoms with Crippen molar-refractivity contribution in [2.24, 2.45) is 11.3 Å². The van der Waals surface area contributed by atoms with E-state index in [-0.39, 0.29) is 0 Å². The Morgan fingerprint density at radius 2 is 1.68 bits per heavy atom. The third-order valence-corrected chi connectivity index (χ3v) is 8.26. The molecule has 25 heavy (non-hydrogen) atoms. The zero-order valence-corrected chi connectivity index (χ0v) is 16.3. The molecule has 5 saturated carbocycles. The minimum absolute atomic E-state index is 0.373. The van der Waals surface area contributed by atoms with Crippen molar-refractivity contribution in [2.75, 3.05) is 0 Å². The standard InChI is InChI=1S/C22H35N3/c1-3-4-5-8-21-9-12-22(13-10-21,14-11-21)20-24-23-19(18-15-16(18)2)25(20)17-6-7-17/h16-18H,3-15H2,1-2H3. The molecule has 0 radical (unpaired) electrons. The first-order chi connectivity index (χ1) is 12.2. The lowest BCUT2D eigenvalue weighted by Gasteiger charge is -2.53. The van der Waals surface area contributed by atoms with Gasteiger partial charge in [0.1, 0.15) is 11.6 Å². The van der Waals surface area contributed by atoms with Crippen LogP contribution in [0.25, 0.3) is 0 Å². The van der Waals surface area contributed by atoms with Crippen LogP contribution in [0.15, 0.2) is 0 Å². The summed E-state index contributed by atoms with van der Waals surface area (Å²) in [6.07, 6.45) is 18.2. The average molecular weight is 342 g/mol. The molecule has 5 fully saturated rings. The predicted molar refractivity (Wildman–Crippen MR) is 101 cm³/mol. The van der Waals surface area contributed by atoms with Gasteiger partial charge in [-0.25, -0.2) is 0 Å². The lowest BCUT2D eigenvalue weighted by molar-refractivity contribution is 0.0244. The fourth-order valence-electron chi connectivity index (χ4n) is 6.02. The molecule has 3 heteroatoms. The molecule has 1 heterocycles. The summed E-state index contributed by atoms with van der Waals surface area (Å²) in [7, 11) is 0. The summed E-state index contributed by atoms with van der Waals surface area (Å²) in [5, 5.41) is 9.64. The number of unbranched alkanes of at least 4 members (excludes halogenated alkanes) is 2. The highest BCUT2D eigenvalue weighted by Gasteiger charge is 2.53. The number of nitrogens with zero attached hydrogens (tertiary/aromatic N) is 3. The number of fused-ring (bicyclic) bond motifs is 3. The Kier molecular flexibility index (Phi) is 3.80. The van der Waals surface area contributed by atoms with E-state index in [2.05, 4.69) is 18.4 Å². The van der Waals surface area contributed by atoms with Crippen molar-refractivity contribution in [1.29, 1.82) is 0 Å². The highest BCUT2D eigenvalue weighted by atomic mass is 15.3. The van der Waals surface area contributed by atoms with Gasteiger partial charge in [-0.1, -0.05) is 33.1 Å². The third-order valence-electron chi connectivity index (χ3n) is 8.26. The summed E-state index contributed by atoms with van der Waals surface area (Å²) < 4.78 is 2.66. The molecule has 2 unspecified atom stereocenters. The molecule has 6 rings (SSSR count). The van der Waals surface area contributed by atoms with Gasteiger partial charge < -0.3 is 4.57 Å². The summed E-state index contributed by atoms with van der Waals surface area (Å²) >= 11 is 0. The maximum atomic E-state index is 4.88. The van der Waals surface area contributed by atoms with Gasteiger partial charge in [-0.3, -0.25) is 0 Å². The van der Waals surface area contributed by atoms with E-state index < -0.39 is 0 Å². The molecule has 0 aromatic carbocycles. The summed E-state index contributed by atoms with van der Waals surface area (Å²) in [4.78, 5) is 0. The molecule has 3 nitrogen and oxygen atoms in total. The Balaban J connectivity index is 1.38. The maximum Gasteiger partial charge on any atom is 0.139 e. The lowest BCUT2D eigenvalue weighted by Crippen LogP contribution is -2.45. The SMILES string of the molecule is CCCCCC12CCC(c3nnc(C4CC4C)n3C3CC3)(CC1)CC2. The molecule has 0 N–H and O–H groups in total. The Morgan fingerprint density at radius 1 is 1.00 bits per heavy atom. The fourth-order valence-corrected chi connectivity index (χ4v) is 6.02. The van der Waals surface area contributed by atoms with Crippen LogP contribution >= 0.6 is 0 Å². The van der Waals surface area contributed by atoms with Gasteiger partial charge in [0.05, 0.1) is 0 Å². The number of aromatic nitrogens is 3. The van der Waals surface area contributed by atoms with Crippen molar-refractivity contribution in [3.63, 3.8) is 0 Å². The molecular weight excluding hydrogens is 306 g/mol. The molecule has 0 amide bonds. The average Bonchev–Trinajstić information content (AvgIpc) is 3.56. The smallest absolute Gasteiger partial charge is 0.139 e. The predicted octanol–water partition coefficient (Wildman–Crippen LogP) is 5.91. The van der Waals surface area contributed by atoms with Crippen LogP contribution in [0.3, 0.4) is 0 Å². The second kappa shape index (κ2) is 5.82. The Labute approximate surface area is 153 Å². The van der Waals surface area contributed by atoms with Gasteiger partial charge in [0.15, 0.2) is 0 Å². The fraction of sp³-hybridized carbons (Fsp3) is 0.909. The first-order valence-corrected chi connectivity index (χ1v) is 11.1. The normalized spacial score (nSPS) is 39.8. The van der Waals surface area contributed by atoms with Crippen LogP contribution in [-0.4, -0.2) is 14.8 Å². The first kappa shape index (κ1) is 16.3. The van der Waals surface area contributed by atoms with Crippen LogP contribution < -0.4 is 0 Å². The largest absolute Gasteiger partial charge is 0.311 e. The summed E-state index contributed by atoms with van der Waals surface area (Å²) in [6, 6.07) is 0.736. The van der Waals surface area contributed by atoms with Crippen LogP contribution in [-0.2, 0) is 5.41 Å². The van der Waals surface area contributed by atoms with Gasteiger partial charge in [0.2, 0.25) is 0 Å². The summed E-state index contributed by atoms with van der Waals surface area (Å²) in [5.74, 6) is 4.30. The van der Waals surface area contributed by atoms with E-state index >= 15 is 0 Å². The Bertz CT molecular complexity index is 617. The molecular formula is C22H35N3. The maximum absolute atomic E-state index is 4.88. The van der Waals surface area contributed by atoms with E-state index in [4.69, 9.17) is 10.2 Å². The molecule has 2 atom stereocenters. The number of hydrogen-bond acceptors (Lipinski definition) is 2. The van der Waals surface area contributed by atoms with Gasteiger partial charge in [0, 0.05) is 17.4 Å². The van der Waals surface area contributed by atoms with E-state index in [1.54, 1.807) is 0 Å². The van der Waals surface area contributed by atoms with Crippen LogP contribution in [0.5, 0.6) is 0 Å². The molecule has 1 aromatic heterocycles. The van der Waals surface area contributed by atoms with Crippen LogP contribution in [0.1, 0.15) is 121 Å². The van der Waals surface area contributed by atoms with Gasteiger partial charge in [0.25, 0.3) is 0 Å². The molecule has 0 spiro atoms. The Hall–Kier alpha value is -0.860. The van der Waals surface area contributed by atoms with Crippen LogP contribution in [0.2, 0.25) is 0 Å². The molecule has 138 valence electrons. The summed E-state index contributed by atoms with van der Waals surface area (Å²) in [6.45, 7) is 4.70. The number of rotatable bonds is 7. The van der Waals surface area contributed by atoms with E-state index in [1.165, 1.54) is 95.1 Å². The van der Waals surface area contributed by atoms with Crippen molar-refractivity contribution in [1.82, 2.24) is 14.8 Å². The van der Waals surface area contributed by atoms with E-state index in [1.807, 2.05) is 0 Å². The number of hydrogen-bond donors (Lipinski definition) is 0. The van der Waals surface area contributed by atoms with Gasteiger partial charge in [-0.2, -0.15) is 0 Å². The van der Waals surface area contributed by atoms with E-state index in [9.17, 15) is 0 Å². The minimum atomic E-state index is 0.373. The molecule has 5 aliphatic carbocycles. The first-order valence-electron chi connectivity index (χ1n) is 11.1.